The second kappa shape index (κ2) is 5.19. The fraction of sp³-hybridized carbons (Fsp3) is 0.167. The lowest BCUT2D eigenvalue weighted by Crippen LogP contribution is -2.20. The fourth-order valence-corrected chi connectivity index (χ4v) is 1.76. The van der Waals surface area contributed by atoms with E-state index in [1.54, 1.807) is 36.0 Å². The molecule has 0 unspecified atom stereocenters. The van der Waals surface area contributed by atoms with Crippen molar-refractivity contribution in [1.29, 1.82) is 0 Å². The number of benzene rings is 1. The van der Waals surface area contributed by atoms with Crippen LogP contribution < -0.4 is 16.4 Å². The number of nitrogens with one attached hydrogen (secondary N) is 2. The van der Waals surface area contributed by atoms with Crippen LogP contribution in [0, 0.1) is 6.92 Å². The number of urea groups is 1. The summed E-state index contributed by atoms with van der Waals surface area (Å²) in [5.41, 5.74) is 7.55. The number of aryl methyl sites for hydroxylation is 2. The van der Waals surface area contributed by atoms with E-state index in [1.807, 2.05) is 6.92 Å². The third-order valence-corrected chi connectivity index (χ3v) is 2.91. The summed E-state index contributed by atoms with van der Waals surface area (Å²) < 4.78 is 1.67. The molecule has 0 saturated heterocycles. The molecule has 1 aromatic heterocycles. The van der Waals surface area contributed by atoms with Crippen LogP contribution in [0.2, 0.25) is 5.02 Å². The largest absolute Gasteiger partial charge is 0.399 e. The highest BCUT2D eigenvalue weighted by molar-refractivity contribution is 6.34. The van der Waals surface area contributed by atoms with Crippen LogP contribution in [0.4, 0.5) is 22.0 Å². The van der Waals surface area contributed by atoms with Crippen molar-refractivity contribution in [2.24, 2.45) is 7.05 Å². The zero-order valence-corrected chi connectivity index (χ0v) is 11.3. The molecule has 0 spiro atoms. The van der Waals surface area contributed by atoms with Gasteiger partial charge >= 0.3 is 6.03 Å². The summed E-state index contributed by atoms with van der Waals surface area (Å²) in [4.78, 5) is 11.8. The SMILES string of the molecule is Cc1cc(NC(=O)Nc2ccc(N)cc2Cl)nn1C. The average molecular weight is 280 g/mol. The molecular weight excluding hydrogens is 266 g/mol. The van der Waals surface area contributed by atoms with E-state index in [0.717, 1.165) is 5.69 Å². The van der Waals surface area contributed by atoms with Crippen molar-refractivity contribution in [3.63, 3.8) is 0 Å². The summed E-state index contributed by atoms with van der Waals surface area (Å²) in [6.07, 6.45) is 0. The molecule has 0 aliphatic heterocycles. The van der Waals surface area contributed by atoms with Gasteiger partial charge in [0.15, 0.2) is 5.82 Å². The zero-order chi connectivity index (χ0) is 14.0. The number of halogens is 1. The Bertz CT molecular complexity index is 603. The van der Waals surface area contributed by atoms with E-state index in [9.17, 15) is 4.79 Å². The van der Waals surface area contributed by atoms with Gasteiger partial charge in [0.05, 0.1) is 10.7 Å². The molecular formula is C12H14ClN5O. The van der Waals surface area contributed by atoms with Crippen LogP contribution in [0.5, 0.6) is 0 Å². The topological polar surface area (TPSA) is 85.0 Å². The van der Waals surface area contributed by atoms with E-state index in [2.05, 4.69) is 15.7 Å². The van der Waals surface area contributed by atoms with Crippen molar-refractivity contribution < 1.29 is 4.79 Å². The van der Waals surface area contributed by atoms with Gasteiger partial charge in [0.1, 0.15) is 0 Å². The number of carbonyl (C=O) groups is 1. The van der Waals surface area contributed by atoms with Gasteiger partial charge in [-0.1, -0.05) is 11.6 Å². The number of rotatable bonds is 2. The van der Waals surface area contributed by atoms with Crippen LogP contribution in [-0.2, 0) is 7.05 Å². The van der Waals surface area contributed by atoms with Crippen molar-refractivity contribution in [3.05, 3.63) is 35.0 Å². The van der Waals surface area contributed by atoms with Gasteiger partial charge in [-0.05, 0) is 25.1 Å². The van der Waals surface area contributed by atoms with Crippen molar-refractivity contribution in [3.8, 4) is 0 Å². The third kappa shape index (κ3) is 3.17. The van der Waals surface area contributed by atoms with Gasteiger partial charge in [-0.3, -0.25) is 10.00 Å². The molecule has 0 radical (unpaired) electrons. The Kier molecular flexibility index (Phi) is 3.62. The first-order chi connectivity index (χ1) is 8.95. The summed E-state index contributed by atoms with van der Waals surface area (Å²) in [6.45, 7) is 1.90. The maximum Gasteiger partial charge on any atom is 0.324 e. The second-order valence-corrected chi connectivity index (χ2v) is 4.52. The third-order valence-electron chi connectivity index (χ3n) is 2.60. The smallest absolute Gasteiger partial charge is 0.324 e. The quantitative estimate of drug-likeness (QED) is 0.739. The zero-order valence-electron chi connectivity index (χ0n) is 10.6. The summed E-state index contributed by atoms with van der Waals surface area (Å²) >= 11 is 5.96. The van der Waals surface area contributed by atoms with Crippen molar-refractivity contribution >= 4 is 34.8 Å². The van der Waals surface area contributed by atoms with Crippen LogP contribution >= 0.6 is 11.6 Å². The Morgan fingerprint density at radius 1 is 1.37 bits per heavy atom. The molecule has 19 heavy (non-hydrogen) atoms. The van der Waals surface area contributed by atoms with Crippen LogP contribution in [0.25, 0.3) is 0 Å². The molecule has 6 nitrogen and oxygen atoms in total. The summed E-state index contributed by atoms with van der Waals surface area (Å²) in [6, 6.07) is 6.23. The molecule has 0 fully saturated rings. The van der Waals surface area contributed by atoms with Gasteiger partial charge in [0.2, 0.25) is 0 Å². The molecule has 0 bridgehead atoms. The minimum atomic E-state index is -0.412. The number of nitrogens with two attached hydrogens (primary N) is 1. The van der Waals surface area contributed by atoms with Gasteiger partial charge < -0.3 is 11.1 Å². The predicted octanol–water partition coefficient (Wildman–Crippen LogP) is 2.61. The highest BCUT2D eigenvalue weighted by Gasteiger charge is 2.08. The first-order valence-corrected chi connectivity index (χ1v) is 5.97. The van der Waals surface area contributed by atoms with Crippen LogP contribution in [0.1, 0.15) is 5.69 Å². The molecule has 0 aliphatic carbocycles. The van der Waals surface area contributed by atoms with Gasteiger partial charge in [-0.2, -0.15) is 5.10 Å². The number of carbonyl (C=O) groups excluding carboxylic acids is 1. The molecule has 0 atom stereocenters. The Hall–Kier alpha value is -2.21. The first kappa shape index (κ1) is 13.2. The first-order valence-electron chi connectivity index (χ1n) is 5.59. The molecule has 2 amide bonds. The number of hydrogen-bond donors (Lipinski definition) is 3. The number of amides is 2. The van der Waals surface area contributed by atoms with E-state index in [-0.39, 0.29) is 0 Å². The summed E-state index contributed by atoms with van der Waals surface area (Å²) in [5, 5.41) is 9.75. The number of nitrogens with zero attached hydrogens (tertiary/aromatic N) is 2. The van der Waals surface area contributed by atoms with Gasteiger partial charge in [-0.25, -0.2) is 4.79 Å². The Labute approximate surface area is 115 Å². The second-order valence-electron chi connectivity index (χ2n) is 4.11. The highest BCUT2D eigenvalue weighted by Crippen LogP contribution is 2.24. The van der Waals surface area contributed by atoms with Crippen molar-refractivity contribution in [2.45, 2.75) is 6.92 Å². The van der Waals surface area contributed by atoms with Crippen molar-refractivity contribution in [2.75, 3.05) is 16.4 Å². The number of aromatic nitrogens is 2. The maximum absolute atomic E-state index is 11.8. The number of anilines is 3. The Morgan fingerprint density at radius 3 is 2.68 bits per heavy atom. The van der Waals surface area contributed by atoms with E-state index >= 15 is 0 Å². The maximum atomic E-state index is 11.8. The van der Waals surface area contributed by atoms with Crippen LogP contribution in [0.3, 0.4) is 0 Å². The molecule has 7 heteroatoms. The molecule has 2 aromatic rings. The van der Waals surface area contributed by atoms with Crippen LogP contribution in [-0.4, -0.2) is 15.8 Å². The van der Waals surface area contributed by atoms with Gasteiger partial charge in [-0.15, -0.1) is 0 Å². The fourth-order valence-electron chi connectivity index (χ4n) is 1.52. The molecule has 4 N–H and O–H groups in total. The minimum Gasteiger partial charge on any atom is -0.399 e. The van der Waals surface area contributed by atoms with Crippen molar-refractivity contribution in [1.82, 2.24) is 9.78 Å². The number of nitrogen functional groups attached to an aromatic ring is 1. The lowest BCUT2D eigenvalue weighted by molar-refractivity contribution is 0.262. The minimum absolute atomic E-state index is 0.382. The lowest BCUT2D eigenvalue weighted by Gasteiger charge is -2.07. The molecule has 1 aromatic carbocycles. The monoisotopic (exact) mass is 279 g/mol. The summed E-state index contributed by atoms with van der Waals surface area (Å²) in [5.74, 6) is 0.476. The van der Waals surface area contributed by atoms with E-state index in [1.165, 1.54) is 0 Å². The predicted molar refractivity (Wildman–Crippen MR) is 76.5 cm³/mol. The molecule has 1 heterocycles. The Balaban J connectivity index is 2.05. The lowest BCUT2D eigenvalue weighted by atomic mass is 10.3. The standard InChI is InChI=1S/C12H14ClN5O/c1-7-5-11(17-18(7)2)16-12(19)15-10-4-3-8(14)6-9(10)13/h3-6H,14H2,1-2H3,(H2,15,16,17,19). The summed E-state index contributed by atoms with van der Waals surface area (Å²) in [7, 11) is 1.80. The Morgan fingerprint density at radius 2 is 2.11 bits per heavy atom. The van der Waals surface area contributed by atoms with Crippen LogP contribution in [0.15, 0.2) is 24.3 Å². The van der Waals surface area contributed by atoms with Gasteiger partial charge in [0.25, 0.3) is 0 Å². The molecule has 100 valence electrons. The molecule has 0 aliphatic rings. The van der Waals surface area contributed by atoms with E-state index in [0.29, 0.717) is 22.2 Å². The highest BCUT2D eigenvalue weighted by atomic mass is 35.5. The molecule has 0 saturated carbocycles. The van der Waals surface area contributed by atoms with E-state index < -0.39 is 6.03 Å². The van der Waals surface area contributed by atoms with Gasteiger partial charge in [0, 0.05) is 24.5 Å². The normalized spacial score (nSPS) is 10.3. The van der Waals surface area contributed by atoms with E-state index in [4.69, 9.17) is 17.3 Å². The average Bonchev–Trinajstić information content (AvgIpc) is 2.62. The number of hydrogen-bond acceptors (Lipinski definition) is 3. The molecule has 2 rings (SSSR count).